The van der Waals surface area contributed by atoms with Crippen LogP contribution in [0.25, 0.3) is 22.0 Å². The maximum absolute atomic E-state index is 14.1. The second kappa shape index (κ2) is 4.76. The van der Waals surface area contributed by atoms with Crippen LogP contribution in [0.2, 0.25) is 0 Å². The largest absolute Gasteiger partial charge is 0.351 e. The summed E-state index contributed by atoms with van der Waals surface area (Å²) in [6.07, 6.45) is 0. The van der Waals surface area contributed by atoms with Crippen molar-refractivity contribution in [2.45, 2.75) is 6.92 Å². The lowest BCUT2D eigenvalue weighted by molar-refractivity contribution is 0.107. The van der Waals surface area contributed by atoms with Crippen LogP contribution in [0.15, 0.2) is 42.5 Å². The fraction of sp³-hybridized carbons (Fsp3) is 0.0625. The molecule has 0 aliphatic rings. The first-order valence-corrected chi connectivity index (χ1v) is 6.53. The number of nitrogens with one attached hydrogen (secondary N) is 1. The summed E-state index contributed by atoms with van der Waals surface area (Å²) >= 11 is 5.63. The first-order chi connectivity index (χ1) is 9.58. The number of hydrogen-bond donors (Lipinski definition) is 1. The van der Waals surface area contributed by atoms with Crippen molar-refractivity contribution in [3.05, 3.63) is 59.5 Å². The molecule has 3 aromatic rings. The average Bonchev–Trinajstić information content (AvgIpc) is 2.78. The zero-order chi connectivity index (χ0) is 14.3. The first-order valence-electron chi connectivity index (χ1n) is 6.15. The highest BCUT2D eigenvalue weighted by Crippen LogP contribution is 2.35. The van der Waals surface area contributed by atoms with Crippen LogP contribution >= 0.6 is 11.6 Å². The highest BCUT2D eigenvalue weighted by atomic mass is 35.5. The van der Waals surface area contributed by atoms with Crippen LogP contribution in [-0.2, 0) is 0 Å². The number of aromatic amines is 1. The molecule has 20 heavy (non-hydrogen) atoms. The molecule has 2 aromatic carbocycles. The molecule has 1 heterocycles. The minimum Gasteiger partial charge on any atom is -0.351 e. The Bertz CT molecular complexity index is 822. The van der Waals surface area contributed by atoms with Crippen molar-refractivity contribution in [2.24, 2.45) is 0 Å². The Hall–Kier alpha value is -2.13. The van der Waals surface area contributed by atoms with Crippen LogP contribution in [0.5, 0.6) is 0 Å². The smallest absolute Gasteiger partial charge is 0.269 e. The molecule has 0 radical (unpaired) electrons. The summed E-state index contributed by atoms with van der Waals surface area (Å²) in [6.45, 7) is 1.94. The van der Waals surface area contributed by atoms with E-state index in [-0.39, 0.29) is 11.5 Å². The van der Waals surface area contributed by atoms with Gasteiger partial charge in [-0.25, -0.2) is 4.39 Å². The van der Waals surface area contributed by atoms with E-state index in [1.54, 1.807) is 18.2 Å². The Labute approximate surface area is 120 Å². The summed E-state index contributed by atoms with van der Waals surface area (Å²) in [5, 5.41) is 0.163. The topological polar surface area (TPSA) is 32.9 Å². The van der Waals surface area contributed by atoms with Gasteiger partial charge < -0.3 is 4.98 Å². The number of fused-ring (bicyclic) bond motifs is 1. The van der Waals surface area contributed by atoms with E-state index in [1.165, 1.54) is 6.07 Å². The van der Waals surface area contributed by atoms with Crippen molar-refractivity contribution in [1.82, 2.24) is 4.98 Å². The van der Waals surface area contributed by atoms with E-state index in [0.717, 1.165) is 16.5 Å². The van der Waals surface area contributed by atoms with Crippen LogP contribution in [0.4, 0.5) is 4.39 Å². The molecule has 100 valence electrons. The molecular weight excluding hydrogens is 277 g/mol. The average molecular weight is 288 g/mol. The number of aryl methyl sites for hydroxylation is 1. The van der Waals surface area contributed by atoms with Gasteiger partial charge in [-0.15, -0.1) is 0 Å². The maximum Gasteiger partial charge on any atom is 0.269 e. The molecule has 1 N–H and O–H groups in total. The minimum absolute atomic E-state index is 0.220. The van der Waals surface area contributed by atoms with Crippen LogP contribution in [-0.4, -0.2) is 10.2 Å². The van der Waals surface area contributed by atoms with Gasteiger partial charge in [0.05, 0.1) is 0 Å². The number of aromatic nitrogens is 1. The SMILES string of the molecule is Cc1ccc2[nH]c(C(=O)Cl)c(-c3ccccc3F)c2c1. The van der Waals surface area contributed by atoms with Gasteiger partial charge in [-0.2, -0.15) is 0 Å². The van der Waals surface area contributed by atoms with Gasteiger partial charge in [0.2, 0.25) is 0 Å². The van der Waals surface area contributed by atoms with Gasteiger partial charge in [0.15, 0.2) is 0 Å². The van der Waals surface area contributed by atoms with E-state index in [4.69, 9.17) is 11.6 Å². The van der Waals surface area contributed by atoms with Crippen molar-refractivity contribution in [3.63, 3.8) is 0 Å². The third kappa shape index (κ3) is 2.00. The fourth-order valence-corrected chi connectivity index (χ4v) is 2.54. The van der Waals surface area contributed by atoms with Gasteiger partial charge in [0, 0.05) is 22.0 Å². The molecule has 0 spiro atoms. The van der Waals surface area contributed by atoms with Crippen LogP contribution in [0.3, 0.4) is 0 Å². The Morgan fingerprint density at radius 3 is 2.65 bits per heavy atom. The van der Waals surface area contributed by atoms with Crippen molar-refractivity contribution < 1.29 is 9.18 Å². The zero-order valence-electron chi connectivity index (χ0n) is 10.7. The monoisotopic (exact) mass is 287 g/mol. The lowest BCUT2D eigenvalue weighted by Gasteiger charge is -2.04. The molecule has 0 aliphatic carbocycles. The van der Waals surface area contributed by atoms with E-state index >= 15 is 0 Å². The second-order valence-corrected chi connectivity index (χ2v) is 5.02. The quantitative estimate of drug-likeness (QED) is 0.683. The lowest BCUT2D eigenvalue weighted by Crippen LogP contribution is -1.93. The van der Waals surface area contributed by atoms with Gasteiger partial charge in [-0.3, -0.25) is 4.79 Å². The van der Waals surface area contributed by atoms with E-state index in [1.807, 2.05) is 25.1 Å². The van der Waals surface area contributed by atoms with Gasteiger partial charge in [-0.1, -0.05) is 29.8 Å². The Morgan fingerprint density at radius 1 is 1.20 bits per heavy atom. The number of carbonyl (C=O) groups is 1. The number of benzene rings is 2. The van der Waals surface area contributed by atoms with E-state index in [0.29, 0.717) is 11.1 Å². The second-order valence-electron chi connectivity index (χ2n) is 4.68. The summed E-state index contributed by atoms with van der Waals surface area (Å²) in [5.74, 6) is -0.380. The van der Waals surface area contributed by atoms with E-state index in [2.05, 4.69) is 4.98 Å². The van der Waals surface area contributed by atoms with Crippen LogP contribution < -0.4 is 0 Å². The predicted molar refractivity (Wildman–Crippen MR) is 78.6 cm³/mol. The molecule has 3 rings (SSSR count). The third-order valence-corrected chi connectivity index (χ3v) is 3.48. The van der Waals surface area contributed by atoms with E-state index in [9.17, 15) is 9.18 Å². The zero-order valence-corrected chi connectivity index (χ0v) is 11.5. The highest BCUT2D eigenvalue weighted by molar-refractivity contribution is 6.68. The molecule has 4 heteroatoms. The summed E-state index contributed by atoms with van der Waals surface area (Å²) in [4.78, 5) is 14.6. The van der Waals surface area contributed by atoms with Crippen molar-refractivity contribution in [3.8, 4) is 11.1 Å². The van der Waals surface area contributed by atoms with Crippen LogP contribution in [0, 0.1) is 12.7 Å². The molecule has 0 amide bonds. The van der Waals surface area contributed by atoms with Crippen molar-refractivity contribution in [2.75, 3.05) is 0 Å². The number of hydrogen-bond acceptors (Lipinski definition) is 1. The van der Waals surface area contributed by atoms with Crippen molar-refractivity contribution in [1.29, 1.82) is 0 Å². The number of rotatable bonds is 2. The predicted octanol–water partition coefficient (Wildman–Crippen LogP) is 4.66. The number of halogens is 2. The van der Waals surface area contributed by atoms with Gasteiger partial charge in [-0.05, 0) is 36.7 Å². The van der Waals surface area contributed by atoms with Crippen LogP contribution in [0.1, 0.15) is 16.1 Å². The Morgan fingerprint density at radius 2 is 1.95 bits per heavy atom. The molecule has 0 atom stereocenters. The Kier molecular flexibility index (Phi) is 3.07. The molecule has 1 aromatic heterocycles. The Balaban J connectivity index is 2.43. The molecule has 0 fully saturated rings. The van der Waals surface area contributed by atoms with E-state index < -0.39 is 5.24 Å². The molecule has 0 saturated heterocycles. The number of H-pyrrole nitrogens is 1. The van der Waals surface area contributed by atoms with Gasteiger partial charge in [0.25, 0.3) is 5.24 Å². The fourth-order valence-electron chi connectivity index (χ4n) is 2.40. The molecule has 0 aliphatic heterocycles. The lowest BCUT2D eigenvalue weighted by atomic mass is 10.0. The molecule has 2 nitrogen and oxygen atoms in total. The number of carbonyl (C=O) groups excluding carboxylic acids is 1. The maximum atomic E-state index is 14.1. The normalized spacial score (nSPS) is 10.9. The molecule has 0 unspecified atom stereocenters. The molecule has 0 saturated carbocycles. The first kappa shape index (κ1) is 12.9. The van der Waals surface area contributed by atoms with Gasteiger partial charge in [0.1, 0.15) is 11.5 Å². The van der Waals surface area contributed by atoms with Gasteiger partial charge >= 0.3 is 0 Å². The molecule has 0 bridgehead atoms. The summed E-state index contributed by atoms with van der Waals surface area (Å²) in [5.41, 5.74) is 2.90. The standard InChI is InChI=1S/C16H11ClFNO/c1-9-6-7-13-11(8-9)14(15(19-13)16(17)20)10-4-2-3-5-12(10)18/h2-8,19H,1H3. The summed E-state index contributed by atoms with van der Waals surface area (Å²) in [7, 11) is 0. The summed E-state index contributed by atoms with van der Waals surface area (Å²) < 4.78 is 14.1. The highest BCUT2D eigenvalue weighted by Gasteiger charge is 2.19. The minimum atomic E-state index is -0.628. The third-order valence-electron chi connectivity index (χ3n) is 3.29. The summed E-state index contributed by atoms with van der Waals surface area (Å²) in [6, 6.07) is 12.1. The van der Waals surface area contributed by atoms with Crippen molar-refractivity contribution >= 4 is 27.7 Å². The molecular formula is C16H11ClFNO.